The predicted octanol–water partition coefficient (Wildman–Crippen LogP) is 6.33. The van der Waals surface area contributed by atoms with Gasteiger partial charge in [-0.05, 0) is 24.3 Å². The van der Waals surface area contributed by atoms with Crippen molar-refractivity contribution in [2.75, 3.05) is 12.5 Å². The Kier molecular flexibility index (Phi) is 7.30. The lowest BCUT2D eigenvalue weighted by Crippen LogP contribution is -2.13. The SMILES string of the molecule is OC(COC(CCl)c1ccc(Cl)cc1Cl)c1ccc(Cl)cc1Cl. The van der Waals surface area contributed by atoms with Crippen LogP contribution in [0.15, 0.2) is 36.4 Å². The summed E-state index contributed by atoms with van der Waals surface area (Å²) in [5.41, 5.74) is 1.24. The van der Waals surface area contributed by atoms with Gasteiger partial charge in [-0.15, -0.1) is 11.6 Å². The van der Waals surface area contributed by atoms with Crippen molar-refractivity contribution >= 4 is 58.0 Å². The fourth-order valence-electron chi connectivity index (χ4n) is 2.05. The van der Waals surface area contributed by atoms with Gasteiger partial charge in [-0.1, -0.05) is 58.5 Å². The summed E-state index contributed by atoms with van der Waals surface area (Å²) in [6.45, 7) is 0.0116. The molecule has 7 heteroatoms. The van der Waals surface area contributed by atoms with Gasteiger partial charge in [0.15, 0.2) is 0 Å². The molecule has 0 aliphatic rings. The van der Waals surface area contributed by atoms with Crippen molar-refractivity contribution in [2.24, 2.45) is 0 Å². The second kappa shape index (κ2) is 8.77. The van der Waals surface area contributed by atoms with Gasteiger partial charge < -0.3 is 9.84 Å². The van der Waals surface area contributed by atoms with Crippen LogP contribution in [-0.2, 0) is 4.74 Å². The van der Waals surface area contributed by atoms with E-state index >= 15 is 0 Å². The lowest BCUT2D eigenvalue weighted by atomic mass is 10.1. The standard InChI is InChI=1S/C16H13Cl5O2/c17-7-16(12-4-2-10(19)6-14(12)21)23-8-15(22)11-3-1-9(18)5-13(11)20/h1-6,15-16,22H,7-8H2. The largest absolute Gasteiger partial charge is 0.386 e. The molecule has 0 radical (unpaired) electrons. The van der Waals surface area contributed by atoms with Crippen LogP contribution in [0.25, 0.3) is 0 Å². The van der Waals surface area contributed by atoms with Crippen LogP contribution in [0.3, 0.4) is 0 Å². The molecule has 0 aromatic heterocycles. The Bertz CT molecular complexity index is 678. The molecule has 2 aromatic carbocycles. The Morgan fingerprint density at radius 3 is 1.87 bits per heavy atom. The number of hydrogen-bond acceptors (Lipinski definition) is 2. The van der Waals surface area contributed by atoms with Gasteiger partial charge in [0.05, 0.1) is 18.6 Å². The molecule has 0 saturated carbocycles. The topological polar surface area (TPSA) is 29.5 Å². The molecule has 0 fully saturated rings. The summed E-state index contributed by atoms with van der Waals surface area (Å²) in [6.07, 6.45) is -1.38. The minimum absolute atomic E-state index is 0.0116. The molecule has 0 bridgehead atoms. The van der Waals surface area contributed by atoms with E-state index in [0.717, 1.165) is 0 Å². The van der Waals surface area contributed by atoms with E-state index in [1.54, 1.807) is 36.4 Å². The van der Waals surface area contributed by atoms with Crippen LogP contribution in [0.5, 0.6) is 0 Å². The first kappa shape index (κ1) is 19.1. The number of benzene rings is 2. The molecule has 2 aromatic rings. The summed E-state index contributed by atoms with van der Waals surface area (Å²) in [7, 11) is 0. The zero-order valence-electron chi connectivity index (χ0n) is 11.8. The number of aliphatic hydroxyl groups excluding tert-OH is 1. The van der Waals surface area contributed by atoms with Crippen molar-refractivity contribution in [3.05, 3.63) is 67.6 Å². The van der Waals surface area contributed by atoms with Crippen molar-refractivity contribution in [3.8, 4) is 0 Å². The summed E-state index contributed by atoms with van der Waals surface area (Å²) >= 11 is 29.9. The number of halogens is 5. The molecule has 0 aliphatic carbocycles. The first-order valence-electron chi connectivity index (χ1n) is 6.68. The highest BCUT2D eigenvalue weighted by Crippen LogP contribution is 2.31. The maximum Gasteiger partial charge on any atom is 0.104 e. The van der Waals surface area contributed by atoms with Gasteiger partial charge in [0.2, 0.25) is 0 Å². The van der Waals surface area contributed by atoms with E-state index in [-0.39, 0.29) is 12.5 Å². The first-order valence-corrected chi connectivity index (χ1v) is 8.72. The third-order valence-corrected chi connectivity index (χ3v) is 4.63. The normalized spacial score (nSPS) is 13.8. The van der Waals surface area contributed by atoms with Crippen LogP contribution in [0.4, 0.5) is 0 Å². The van der Waals surface area contributed by atoms with Crippen LogP contribution in [0.1, 0.15) is 23.3 Å². The number of hydrogen-bond donors (Lipinski definition) is 1. The van der Waals surface area contributed by atoms with Crippen molar-refractivity contribution in [2.45, 2.75) is 12.2 Å². The molecule has 2 rings (SSSR count). The third-order valence-electron chi connectivity index (χ3n) is 3.23. The van der Waals surface area contributed by atoms with E-state index in [4.69, 9.17) is 62.7 Å². The highest BCUT2D eigenvalue weighted by molar-refractivity contribution is 6.35. The van der Waals surface area contributed by atoms with Crippen LogP contribution in [0.2, 0.25) is 20.1 Å². The number of rotatable bonds is 6. The lowest BCUT2D eigenvalue weighted by Gasteiger charge is -2.20. The van der Waals surface area contributed by atoms with Crippen LogP contribution in [-0.4, -0.2) is 17.6 Å². The van der Waals surface area contributed by atoms with Crippen molar-refractivity contribution < 1.29 is 9.84 Å². The Hall–Kier alpha value is -0.190. The van der Waals surface area contributed by atoms with Crippen molar-refractivity contribution in [1.82, 2.24) is 0 Å². The number of alkyl halides is 1. The zero-order valence-corrected chi connectivity index (χ0v) is 15.6. The van der Waals surface area contributed by atoms with Crippen molar-refractivity contribution in [3.63, 3.8) is 0 Å². The molecule has 1 N–H and O–H groups in total. The van der Waals surface area contributed by atoms with Gasteiger partial charge in [-0.3, -0.25) is 0 Å². The maximum atomic E-state index is 10.2. The summed E-state index contributed by atoms with van der Waals surface area (Å²) in [5.74, 6) is 0.183. The van der Waals surface area contributed by atoms with E-state index < -0.39 is 12.2 Å². The Labute approximate surface area is 159 Å². The van der Waals surface area contributed by atoms with Gasteiger partial charge in [-0.2, -0.15) is 0 Å². The third kappa shape index (κ3) is 5.14. The molecule has 0 saturated heterocycles. The van der Waals surface area contributed by atoms with Gasteiger partial charge in [0, 0.05) is 31.2 Å². The Morgan fingerprint density at radius 1 is 0.870 bits per heavy atom. The summed E-state index contributed by atoms with van der Waals surface area (Å²) in [6, 6.07) is 9.95. The zero-order chi connectivity index (χ0) is 17.0. The van der Waals surface area contributed by atoms with Crippen LogP contribution < -0.4 is 0 Å². The van der Waals surface area contributed by atoms with Gasteiger partial charge >= 0.3 is 0 Å². The molecule has 0 aliphatic heterocycles. The van der Waals surface area contributed by atoms with Crippen LogP contribution in [0, 0.1) is 0 Å². The quantitative estimate of drug-likeness (QED) is 0.560. The van der Waals surface area contributed by atoms with Crippen LogP contribution >= 0.6 is 58.0 Å². The second-order valence-electron chi connectivity index (χ2n) is 4.82. The fourth-order valence-corrected chi connectivity index (χ4v) is 3.37. The molecule has 0 heterocycles. The smallest absolute Gasteiger partial charge is 0.104 e. The van der Waals surface area contributed by atoms with Gasteiger partial charge in [0.1, 0.15) is 6.10 Å². The summed E-state index contributed by atoms with van der Waals surface area (Å²) in [4.78, 5) is 0. The molecule has 23 heavy (non-hydrogen) atoms. The molecule has 0 spiro atoms. The highest BCUT2D eigenvalue weighted by Gasteiger charge is 2.19. The van der Waals surface area contributed by atoms with E-state index in [0.29, 0.717) is 31.2 Å². The average Bonchev–Trinajstić information content (AvgIpc) is 2.49. The minimum atomic E-state index is -0.906. The number of aliphatic hydroxyl groups is 1. The minimum Gasteiger partial charge on any atom is -0.386 e. The van der Waals surface area contributed by atoms with E-state index in [1.165, 1.54) is 0 Å². The molecule has 2 unspecified atom stereocenters. The van der Waals surface area contributed by atoms with Gasteiger partial charge in [0.25, 0.3) is 0 Å². The Morgan fingerprint density at radius 2 is 1.39 bits per heavy atom. The summed E-state index contributed by atoms with van der Waals surface area (Å²) in [5, 5.41) is 12.1. The predicted molar refractivity (Wildman–Crippen MR) is 97.3 cm³/mol. The first-order chi connectivity index (χ1) is 10.9. The number of ether oxygens (including phenoxy) is 1. The maximum absolute atomic E-state index is 10.2. The van der Waals surface area contributed by atoms with E-state index in [2.05, 4.69) is 0 Å². The van der Waals surface area contributed by atoms with E-state index in [9.17, 15) is 5.11 Å². The molecule has 0 amide bonds. The average molecular weight is 415 g/mol. The van der Waals surface area contributed by atoms with Gasteiger partial charge in [-0.25, -0.2) is 0 Å². The molecule has 124 valence electrons. The molecular formula is C16H13Cl5O2. The molecular weight excluding hydrogens is 401 g/mol. The molecule has 2 nitrogen and oxygen atoms in total. The monoisotopic (exact) mass is 412 g/mol. The Balaban J connectivity index is 2.07. The fraction of sp³-hybridized carbons (Fsp3) is 0.250. The molecule has 2 atom stereocenters. The van der Waals surface area contributed by atoms with Crippen molar-refractivity contribution in [1.29, 1.82) is 0 Å². The van der Waals surface area contributed by atoms with E-state index in [1.807, 2.05) is 0 Å². The lowest BCUT2D eigenvalue weighted by molar-refractivity contribution is -0.00205. The second-order valence-corrected chi connectivity index (χ2v) is 6.82. The summed E-state index contributed by atoms with van der Waals surface area (Å²) < 4.78 is 5.70. The highest BCUT2D eigenvalue weighted by atomic mass is 35.5.